The van der Waals surface area contributed by atoms with E-state index in [1.165, 1.54) is 49.5 Å². The predicted octanol–water partition coefficient (Wildman–Crippen LogP) is 2.96. The second kappa shape index (κ2) is 7.56. The van der Waals surface area contributed by atoms with Crippen molar-refractivity contribution < 1.29 is 22.9 Å². The van der Waals surface area contributed by atoms with E-state index in [1.54, 1.807) is 6.07 Å². The molecule has 2 amide bonds. The summed E-state index contributed by atoms with van der Waals surface area (Å²) in [6, 6.07) is 10.0. The van der Waals surface area contributed by atoms with Crippen LogP contribution in [0.25, 0.3) is 0 Å². The van der Waals surface area contributed by atoms with Crippen LogP contribution in [0.4, 0.5) is 11.4 Å². The fourth-order valence-corrected chi connectivity index (χ4v) is 5.60. The molecule has 0 bridgehead atoms. The predicted molar refractivity (Wildman–Crippen MR) is 111 cm³/mol. The van der Waals surface area contributed by atoms with Crippen molar-refractivity contribution in [3.05, 3.63) is 80.5 Å². The second-order valence-electron chi connectivity index (χ2n) is 6.63. The first-order valence-electron chi connectivity index (χ1n) is 8.86. The number of sulfonamides is 1. The lowest BCUT2D eigenvalue weighted by Gasteiger charge is -2.12. The molecule has 0 unspecified atom stereocenters. The molecule has 0 saturated heterocycles. The highest BCUT2D eigenvalue weighted by molar-refractivity contribution is 7.94. The number of rotatable bonds is 6. The lowest BCUT2D eigenvalue weighted by Crippen LogP contribution is -2.28. The van der Waals surface area contributed by atoms with Crippen LogP contribution in [0.5, 0.6) is 0 Å². The standard InChI is InChI=1S/C19H14N4O6S2/c1-11-14(5-2-6-15(11)23(26)27)21-31(28,29)16-8-7-12(30-16)10-22-18(24)13-4-3-9-20-17(13)19(22)25/h2-9,21H,10H2,1H3. The van der Waals surface area contributed by atoms with Crippen molar-refractivity contribution in [1.82, 2.24) is 9.88 Å². The number of hydrogen-bond acceptors (Lipinski definition) is 8. The summed E-state index contributed by atoms with van der Waals surface area (Å²) in [7, 11) is -4.03. The smallest absolute Gasteiger partial charge is 0.278 e. The van der Waals surface area contributed by atoms with Gasteiger partial charge in [0.05, 0.1) is 28.3 Å². The van der Waals surface area contributed by atoms with Crippen LogP contribution in [0.2, 0.25) is 0 Å². The van der Waals surface area contributed by atoms with Crippen molar-refractivity contribution in [1.29, 1.82) is 0 Å². The molecule has 0 aliphatic carbocycles. The summed E-state index contributed by atoms with van der Waals surface area (Å²) in [5, 5.41) is 11.1. The number of aromatic nitrogens is 1. The minimum absolute atomic E-state index is 0.0526. The van der Waals surface area contributed by atoms with Gasteiger partial charge in [-0.05, 0) is 37.3 Å². The van der Waals surface area contributed by atoms with E-state index in [-0.39, 0.29) is 38.9 Å². The van der Waals surface area contributed by atoms with E-state index in [9.17, 15) is 28.1 Å². The van der Waals surface area contributed by atoms with Crippen molar-refractivity contribution in [2.24, 2.45) is 0 Å². The fourth-order valence-electron chi connectivity index (χ4n) is 3.13. The van der Waals surface area contributed by atoms with Crippen molar-refractivity contribution in [2.75, 3.05) is 4.72 Å². The number of nitrogens with one attached hydrogen (secondary N) is 1. The molecule has 0 saturated carbocycles. The molecule has 158 valence electrons. The third-order valence-electron chi connectivity index (χ3n) is 4.69. The molecule has 1 aliphatic rings. The fraction of sp³-hybridized carbons (Fsp3) is 0.105. The number of pyridine rings is 1. The Morgan fingerprint density at radius 3 is 2.61 bits per heavy atom. The zero-order chi connectivity index (χ0) is 22.3. The number of hydrogen-bond donors (Lipinski definition) is 1. The van der Waals surface area contributed by atoms with Gasteiger partial charge in [0.1, 0.15) is 9.90 Å². The van der Waals surface area contributed by atoms with Crippen LogP contribution >= 0.6 is 11.3 Å². The maximum Gasteiger partial charge on any atom is 0.280 e. The lowest BCUT2D eigenvalue weighted by atomic mass is 10.2. The highest BCUT2D eigenvalue weighted by Gasteiger charge is 2.37. The minimum atomic E-state index is -4.03. The summed E-state index contributed by atoms with van der Waals surface area (Å²) in [6.45, 7) is 1.36. The van der Waals surface area contributed by atoms with Crippen LogP contribution in [-0.2, 0) is 16.6 Å². The molecular weight excluding hydrogens is 444 g/mol. The van der Waals surface area contributed by atoms with Crippen LogP contribution in [0.15, 0.2) is 52.9 Å². The molecular formula is C19H14N4O6S2. The number of nitrogens with zero attached hydrogens (tertiary/aromatic N) is 3. The number of carbonyl (C=O) groups excluding carboxylic acids is 2. The molecule has 0 radical (unpaired) electrons. The number of fused-ring (bicyclic) bond motifs is 1. The monoisotopic (exact) mass is 458 g/mol. The molecule has 3 heterocycles. The van der Waals surface area contributed by atoms with Gasteiger partial charge in [-0.3, -0.25) is 34.3 Å². The lowest BCUT2D eigenvalue weighted by molar-refractivity contribution is -0.385. The van der Waals surface area contributed by atoms with Gasteiger partial charge in [-0.15, -0.1) is 11.3 Å². The molecule has 1 aliphatic heterocycles. The van der Waals surface area contributed by atoms with E-state index >= 15 is 0 Å². The van der Waals surface area contributed by atoms with Crippen LogP contribution in [0.3, 0.4) is 0 Å². The summed E-state index contributed by atoms with van der Waals surface area (Å²) >= 11 is 0.894. The van der Waals surface area contributed by atoms with E-state index in [1.807, 2.05) is 0 Å². The van der Waals surface area contributed by atoms with Crippen molar-refractivity contribution in [3.63, 3.8) is 0 Å². The summed E-state index contributed by atoms with van der Waals surface area (Å²) < 4.78 is 27.8. The largest absolute Gasteiger partial charge is 0.280 e. The third-order valence-corrected chi connectivity index (χ3v) is 7.62. The van der Waals surface area contributed by atoms with Crippen LogP contribution in [0, 0.1) is 17.0 Å². The van der Waals surface area contributed by atoms with Gasteiger partial charge in [-0.2, -0.15) is 0 Å². The number of carbonyl (C=O) groups is 2. The first kappa shape index (κ1) is 20.6. The van der Waals surface area contributed by atoms with Crippen molar-refractivity contribution in [3.8, 4) is 0 Å². The Bertz CT molecular complexity index is 1310. The Morgan fingerprint density at radius 2 is 1.90 bits per heavy atom. The van der Waals surface area contributed by atoms with Gasteiger partial charge >= 0.3 is 0 Å². The topological polar surface area (TPSA) is 140 Å². The van der Waals surface area contributed by atoms with E-state index in [4.69, 9.17) is 0 Å². The number of anilines is 1. The molecule has 4 rings (SSSR count). The quantitative estimate of drug-likeness (QED) is 0.340. The van der Waals surface area contributed by atoms with E-state index in [2.05, 4.69) is 9.71 Å². The summed E-state index contributed by atoms with van der Waals surface area (Å²) in [4.78, 5) is 40.8. The Labute approximate surface area is 180 Å². The maximum atomic E-state index is 12.8. The number of nitro benzene ring substituents is 1. The summed E-state index contributed by atoms with van der Waals surface area (Å²) in [6.07, 6.45) is 1.42. The number of nitro groups is 1. The second-order valence-corrected chi connectivity index (χ2v) is 9.71. The molecule has 12 heteroatoms. The third kappa shape index (κ3) is 3.66. The number of imide groups is 1. The van der Waals surface area contributed by atoms with Crippen molar-refractivity contribution in [2.45, 2.75) is 17.7 Å². The summed E-state index contributed by atoms with van der Waals surface area (Å²) in [5.41, 5.74) is 0.354. The van der Waals surface area contributed by atoms with Gasteiger partial charge in [0.2, 0.25) is 0 Å². The zero-order valence-corrected chi connectivity index (χ0v) is 17.6. The molecule has 1 aromatic carbocycles. The Balaban J connectivity index is 1.55. The maximum absolute atomic E-state index is 12.8. The highest BCUT2D eigenvalue weighted by Crippen LogP contribution is 2.31. The van der Waals surface area contributed by atoms with E-state index in [0.29, 0.717) is 4.88 Å². The number of benzene rings is 1. The number of thiophene rings is 1. The van der Waals surface area contributed by atoms with Gasteiger partial charge in [0, 0.05) is 17.1 Å². The average Bonchev–Trinajstić information content (AvgIpc) is 3.30. The molecule has 10 nitrogen and oxygen atoms in total. The molecule has 3 aromatic rings. The first-order valence-corrected chi connectivity index (χ1v) is 11.2. The van der Waals surface area contributed by atoms with Crippen molar-refractivity contribution >= 4 is 44.5 Å². The molecule has 0 spiro atoms. The molecule has 2 aromatic heterocycles. The Kier molecular flexibility index (Phi) is 5.03. The van der Waals surface area contributed by atoms with Crippen LogP contribution in [-0.4, -0.2) is 35.0 Å². The number of amides is 2. The zero-order valence-electron chi connectivity index (χ0n) is 15.9. The van der Waals surface area contributed by atoms with Gasteiger partial charge in [-0.1, -0.05) is 6.07 Å². The molecule has 1 N–H and O–H groups in total. The van der Waals surface area contributed by atoms with E-state index < -0.39 is 26.8 Å². The minimum Gasteiger partial charge on any atom is -0.278 e. The first-order chi connectivity index (χ1) is 14.7. The van der Waals surface area contributed by atoms with Gasteiger partial charge in [-0.25, -0.2) is 8.42 Å². The Morgan fingerprint density at radius 1 is 1.13 bits per heavy atom. The van der Waals surface area contributed by atoms with E-state index in [0.717, 1.165) is 16.2 Å². The van der Waals surface area contributed by atoms with Crippen LogP contribution in [0.1, 0.15) is 31.3 Å². The highest BCUT2D eigenvalue weighted by atomic mass is 32.2. The van der Waals surface area contributed by atoms with Gasteiger partial charge in [0.15, 0.2) is 0 Å². The average molecular weight is 458 g/mol. The summed E-state index contributed by atoms with van der Waals surface area (Å²) in [5.74, 6) is -1.03. The Hall–Kier alpha value is -3.64. The van der Waals surface area contributed by atoms with Gasteiger partial charge < -0.3 is 0 Å². The molecule has 31 heavy (non-hydrogen) atoms. The van der Waals surface area contributed by atoms with Gasteiger partial charge in [0.25, 0.3) is 27.5 Å². The molecule has 0 fully saturated rings. The normalized spacial score (nSPS) is 13.4. The molecule has 0 atom stereocenters. The van der Waals surface area contributed by atoms with Crippen LogP contribution < -0.4 is 4.72 Å². The SMILES string of the molecule is Cc1c(NS(=O)(=O)c2ccc(CN3C(=O)c4cccnc4C3=O)s2)cccc1[N+](=O)[O-].